The number of benzene rings is 1. The molecule has 7 rings (SSSR count). The van der Waals surface area contributed by atoms with Crippen molar-refractivity contribution < 1.29 is 0 Å². The van der Waals surface area contributed by atoms with Gasteiger partial charge in [0.25, 0.3) is 0 Å². The van der Waals surface area contributed by atoms with Crippen LogP contribution in [0.2, 0.25) is 0 Å². The van der Waals surface area contributed by atoms with Crippen LogP contribution in [0.5, 0.6) is 0 Å². The van der Waals surface area contributed by atoms with Crippen LogP contribution >= 0.6 is 0 Å². The van der Waals surface area contributed by atoms with Crippen molar-refractivity contribution in [3.05, 3.63) is 72.1 Å². The lowest BCUT2D eigenvalue weighted by Gasteiger charge is -2.47. The number of aromatic nitrogens is 5. The molecule has 3 heterocycles. The fourth-order valence-electron chi connectivity index (χ4n) is 5.96. The van der Waals surface area contributed by atoms with Gasteiger partial charge in [0, 0.05) is 34.6 Å². The summed E-state index contributed by atoms with van der Waals surface area (Å²) in [6.45, 7) is 2.45. The minimum absolute atomic E-state index is 0.694. The number of rotatable bonds is 3. The Morgan fingerprint density at radius 1 is 1.00 bits per heavy atom. The highest BCUT2D eigenvalue weighted by Crippen LogP contribution is 2.49. The van der Waals surface area contributed by atoms with Gasteiger partial charge in [0.05, 0.1) is 0 Å². The third kappa shape index (κ3) is 3.91. The number of H-pyrrole nitrogens is 1. The molecule has 5 nitrogen and oxygen atoms in total. The molecule has 0 spiro atoms. The van der Waals surface area contributed by atoms with Crippen LogP contribution in [0.4, 0.5) is 0 Å². The Balaban J connectivity index is 1.41. The van der Waals surface area contributed by atoms with Gasteiger partial charge in [-0.3, -0.25) is 0 Å². The van der Waals surface area contributed by atoms with Crippen LogP contribution in [-0.2, 0) is 6.42 Å². The van der Waals surface area contributed by atoms with E-state index in [1.165, 1.54) is 25.7 Å². The largest absolute Gasteiger partial charge is 0.345 e. The minimum atomic E-state index is 0.694. The maximum Gasteiger partial charge on any atom is 0.163 e. The Labute approximate surface area is 194 Å². The van der Waals surface area contributed by atoms with Crippen molar-refractivity contribution in [2.45, 2.75) is 39.0 Å². The van der Waals surface area contributed by atoms with E-state index >= 15 is 0 Å². The summed E-state index contributed by atoms with van der Waals surface area (Å²) in [4.78, 5) is 21.6. The van der Waals surface area contributed by atoms with Gasteiger partial charge in [-0.2, -0.15) is 0 Å². The van der Waals surface area contributed by atoms with E-state index in [2.05, 4.69) is 39.8 Å². The average Bonchev–Trinajstić information content (AvgIpc) is 3.30. The minimum Gasteiger partial charge on any atom is -0.345 e. The lowest BCUT2D eigenvalue weighted by atomic mass is 9.58. The predicted molar refractivity (Wildman–Crippen MR) is 129 cm³/mol. The first kappa shape index (κ1) is 20.1. The average molecular weight is 434 g/mol. The fraction of sp³-hybridized carbons (Fsp3) is 0.357. The molecule has 164 valence electrons. The van der Waals surface area contributed by atoms with Crippen LogP contribution in [0, 0.1) is 35.5 Å². The van der Waals surface area contributed by atoms with E-state index in [-0.39, 0.29) is 0 Å². The van der Waals surface area contributed by atoms with Gasteiger partial charge in [-0.25, -0.2) is 19.9 Å². The molecule has 3 aliphatic carbocycles. The summed E-state index contributed by atoms with van der Waals surface area (Å²) >= 11 is 0. The standard InChI is InChI=1S/C28H27N5/c1-18-20-8-10-21(11-9-20)24(18)14-23-13-22(12-7-19-5-3-2-4-6-19)32-28(33-23)26-16-30-27-25(26)15-29-17-31-27/h2-6,13,15-18,20-21,24H,8-11,14H2,1H3,(H,29,30,31). The Hall–Kier alpha value is -3.52. The number of nitrogens with one attached hydrogen (secondary N) is 1. The highest BCUT2D eigenvalue weighted by atomic mass is 14.9. The van der Waals surface area contributed by atoms with Gasteiger partial charge in [0.15, 0.2) is 5.82 Å². The van der Waals surface area contributed by atoms with E-state index in [1.54, 1.807) is 6.33 Å². The molecule has 0 amide bonds. The zero-order valence-corrected chi connectivity index (χ0v) is 18.8. The molecule has 2 atom stereocenters. The summed E-state index contributed by atoms with van der Waals surface area (Å²) < 4.78 is 0. The Morgan fingerprint density at radius 2 is 1.82 bits per heavy atom. The van der Waals surface area contributed by atoms with Crippen molar-refractivity contribution in [3.63, 3.8) is 0 Å². The van der Waals surface area contributed by atoms with Crippen molar-refractivity contribution in [1.29, 1.82) is 0 Å². The van der Waals surface area contributed by atoms with Gasteiger partial charge in [0.2, 0.25) is 0 Å². The maximum atomic E-state index is 5.04. The number of hydrogen-bond donors (Lipinski definition) is 1. The van der Waals surface area contributed by atoms with Crippen molar-refractivity contribution in [1.82, 2.24) is 24.9 Å². The van der Waals surface area contributed by atoms with E-state index in [0.717, 1.165) is 57.7 Å². The predicted octanol–water partition coefficient (Wildman–Crippen LogP) is 5.43. The van der Waals surface area contributed by atoms with Gasteiger partial charge in [-0.15, -0.1) is 0 Å². The first-order valence-corrected chi connectivity index (χ1v) is 12.0. The Morgan fingerprint density at radius 3 is 2.64 bits per heavy atom. The van der Waals surface area contributed by atoms with Crippen LogP contribution in [0.1, 0.15) is 49.6 Å². The summed E-state index contributed by atoms with van der Waals surface area (Å²) in [6, 6.07) is 12.2. The molecule has 0 radical (unpaired) electrons. The quantitative estimate of drug-likeness (QED) is 0.438. The zero-order valence-electron chi connectivity index (χ0n) is 18.8. The van der Waals surface area contributed by atoms with Crippen molar-refractivity contribution in [3.8, 4) is 23.2 Å². The molecule has 33 heavy (non-hydrogen) atoms. The van der Waals surface area contributed by atoms with E-state index in [0.29, 0.717) is 11.7 Å². The van der Waals surface area contributed by atoms with Crippen molar-refractivity contribution >= 4 is 11.0 Å². The fourth-order valence-corrected chi connectivity index (χ4v) is 5.96. The summed E-state index contributed by atoms with van der Waals surface area (Å²) in [7, 11) is 0. The molecule has 3 saturated carbocycles. The van der Waals surface area contributed by atoms with Crippen molar-refractivity contribution in [2.24, 2.45) is 23.7 Å². The third-order valence-electron chi connectivity index (χ3n) is 7.77. The topological polar surface area (TPSA) is 67.3 Å². The first-order valence-electron chi connectivity index (χ1n) is 12.0. The lowest BCUT2D eigenvalue weighted by molar-refractivity contribution is 0.0339. The molecular weight excluding hydrogens is 406 g/mol. The second-order valence-electron chi connectivity index (χ2n) is 9.57. The molecule has 5 heteroatoms. The van der Waals surface area contributed by atoms with E-state index in [1.807, 2.05) is 42.7 Å². The van der Waals surface area contributed by atoms with Crippen LogP contribution in [0.15, 0.2) is 55.1 Å². The summed E-state index contributed by atoms with van der Waals surface area (Å²) in [5.74, 6) is 10.4. The maximum absolute atomic E-state index is 5.04. The highest BCUT2D eigenvalue weighted by molar-refractivity contribution is 5.90. The highest BCUT2D eigenvalue weighted by Gasteiger charge is 2.41. The smallest absolute Gasteiger partial charge is 0.163 e. The zero-order chi connectivity index (χ0) is 22.2. The molecule has 3 aliphatic rings. The summed E-state index contributed by atoms with van der Waals surface area (Å²) in [5.41, 5.74) is 4.56. The van der Waals surface area contributed by atoms with E-state index < -0.39 is 0 Å². The van der Waals surface area contributed by atoms with Crippen LogP contribution in [0.25, 0.3) is 22.4 Å². The monoisotopic (exact) mass is 433 g/mol. The van der Waals surface area contributed by atoms with E-state index in [9.17, 15) is 0 Å². The molecule has 4 aromatic rings. The van der Waals surface area contributed by atoms with Crippen LogP contribution < -0.4 is 0 Å². The Bertz CT molecular complexity index is 1340. The number of fused-ring (bicyclic) bond motifs is 4. The van der Waals surface area contributed by atoms with Crippen LogP contribution in [0.3, 0.4) is 0 Å². The molecule has 2 unspecified atom stereocenters. The van der Waals surface area contributed by atoms with Gasteiger partial charge in [-0.05, 0) is 79.9 Å². The summed E-state index contributed by atoms with van der Waals surface area (Å²) in [6.07, 6.45) is 11.9. The molecule has 2 bridgehead atoms. The molecule has 1 aromatic carbocycles. The normalized spacial score (nSPS) is 23.9. The van der Waals surface area contributed by atoms with E-state index in [4.69, 9.17) is 9.97 Å². The second kappa shape index (κ2) is 8.44. The second-order valence-corrected chi connectivity index (χ2v) is 9.57. The third-order valence-corrected chi connectivity index (χ3v) is 7.77. The molecule has 0 saturated heterocycles. The van der Waals surface area contributed by atoms with Gasteiger partial charge < -0.3 is 4.98 Å². The van der Waals surface area contributed by atoms with Crippen molar-refractivity contribution in [2.75, 3.05) is 0 Å². The lowest BCUT2D eigenvalue weighted by Crippen LogP contribution is -2.39. The van der Waals surface area contributed by atoms with Gasteiger partial charge >= 0.3 is 0 Å². The summed E-state index contributed by atoms with van der Waals surface area (Å²) in [5, 5.41) is 0.932. The number of hydrogen-bond acceptors (Lipinski definition) is 4. The molecule has 1 N–H and O–H groups in total. The molecule has 0 aliphatic heterocycles. The van der Waals surface area contributed by atoms with Gasteiger partial charge in [0.1, 0.15) is 17.7 Å². The SMILES string of the molecule is CC1C2CCC(CC2)C1Cc1cc(C#Cc2ccccc2)nc(-c2c[nH]c3ncncc23)n1. The van der Waals surface area contributed by atoms with Crippen LogP contribution in [-0.4, -0.2) is 24.9 Å². The number of aromatic amines is 1. The molecule has 3 aromatic heterocycles. The molecule has 3 fully saturated rings. The number of nitrogens with zero attached hydrogens (tertiary/aromatic N) is 4. The van der Waals surface area contributed by atoms with Gasteiger partial charge in [-0.1, -0.05) is 31.0 Å². The molecular formula is C28H27N5. The Kier molecular flexibility index (Phi) is 5.14. The first-order chi connectivity index (χ1) is 16.2.